The van der Waals surface area contributed by atoms with Crippen molar-refractivity contribution >= 4 is 17.3 Å². The second-order valence-corrected chi connectivity index (χ2v) is 5.68. The summed E-state index contributed by atoms with van der Waals surface area (Å²) in [5.41, 5.74) is 1.99. The lowest BCUT2D eigenvalue weighted by Crippen LogP contribution is -2.38. The minimum Gasteiger partial charge on any atom is -0.497 e. The maximum Gasteiger partial charge on any atom is 0.227 e. The van der Waals surface area contributed by atoms with Crippen LogP contribution in [0.3, 0.4) is 0 Å². The van der Waals surface area contributed by atoms with E-state index >= 15 is 0 Å². The van der Waals surface area contributed by atoms with E-state index in [2.05, 4.69) is 15.2 Å². The molecule has 1 saturated heterocycles. The molecule has 0 spiro atoms. The number of hydrogen-bond donors (Lipinski definition) is 1. The average Bonchev–Trinajstić information content (AvgIpc) is 2.63. The number of piperidine rings is 1. The van der Waals surface area contributed by atoms with Gasteiger partial charge in [-0.2, -0.15) is 0 Å². The number of anilines is 2. The van der Waals surface area contributed by atoms with E-state index < -0.39 is 0 Å². The molecule has 1 amide bonds. The second kappa shape index (κ2) is 7.13. The Kier molecular flexibility index (Phi) is 4.76. The molecule has 120 valence electrons. The van der Waals surface area contributed by atoms with Gasteiger partial charge in [-0.3, -0.25) is 9.78 Å². The number of ether oxygens (including phenoxy) is 1. The van der Waals surface area contributed by atoms with E-state index in [4.69, 9.17) is 4.74 Å². The summed E-state index contributed by atoms with van der Waals surface area (Å²) in [4.78, 5) is 18.7. The Balaban J connectivity index is 1.53. The van der Waals surface area contributed by atoms with Crippen LogP contribution in [0.4, 0.5) is 11.4 Å². The predicted molar refractivity (Wildman–Crippen MR) is 90.8 cm³/mol. The fourth-order valence-corrected chi connectivity index (χ4v) is 2.87. The molecule has 23 heavy (non-hydrogen) atoms. The third-order valence-electron chi connectivity index (χ3n) is 4.25. The largest absolute Gasteiger partial charge is 0.497 e. The van der Waals surface area contributed by atoms with Crippen LogP contribution in [0, 0.1) is 5.92 Å². The van der Waals surface area contributed by atoms with Gasteiger partial charge in [0.05, 0.1) is 7.11 Å². The van der Waals surface area contributed by atoms with Crippen molar-refractivity contribution in [1.82, 2.24) is 4.98 Å². The summed E-state index contributed by atoms with van der Waals surface area (Å²) in [6.45, 7) is 1.79. The van der Waals surface area contributed by atoms with E-state index in [0.29, 0.717) is 0 Å². The molecule has 0 saturated carbocycles. The van der Waals surface area contributed by atoms with Crippen LogP contribution in [0.25, 0.3) is 0 Å². The van der Waals surface area contributed by atoms with Crippen molar-refractivity contribution in [2.75, 3.05) is 30.4 Å². The molecule has 1 N–H and O–H groups in total. The Hall–Kier alpha value is -2.56. The van der Waals surface area contributed by atoms with Gasteiger partial charge in [0.15, 0.2) is 0 Å². The van der Waals surface area contributed by atoms with Gasteiger partial charge in [-0.05, 0) is 49.2 Å². The Bertz CT molecular complexity index is 635. The molecule has 0 unspecified atom stereocenters. The zero-order chi connectivity index (χ0) is 16.1. The molecule has 5 heteroatoms. The number of benzene rings is 1. The summed E-state index contributed by atoms with van der Waals surface area (Å²) in [6, 6.07) is 11.4. The van der Waals surface area contributed by atoms with Crippen molar-refractivity contribution in [2.24, 2.45) is 5.92 Å². The predicted octanol–water partition coefficient (Wildman–Crippen LogP) is 2.95. The van der Waals surface area contributed by atoms with Crippen molar-refractivity contribution < 1.29 is 9.53 Å². The van der Waals surface area contributed by atoms with Gasteiger partial charge in [0, 0.05) is 42.8 Å². The number of nitrogens with zero attached hydrogens (tertiary/aromatic N) is 2. The smallest absolute Gasteiger partial charge is 0.227 e. The number of aromatic nitrogens is 1. The van der Waals surface area contributed by atoms with Crippen molar-refractivity contribution in [3.63, 3.8) is 0 Å². The summed E-state index contributed by atoms with van der Waals surface area (Å²) < 4.78 is 5.12. The molecule has 1 aliphatic heterocycles. The van der Waals surface area contributed by atoms with Crippen LogP contribution in [-0.4, -0.2) is 31.1 Å². The first-order chi connectivity index (χ1) is 11.3. The highest BCUT2D eigenvalue weighted by atomic mass is 16.5. The molecule has 1 aromatic carbocycles. The van der Waals surface area contributed by atoms with Gasteiger partial charge in [0.1, 0.15) is 5.75 Å². The number of amides is 1. The Morgan fingerprint density at radius 2 is 1.78 bits per heavy atom. The first kappa shape index (κ1) is 15.3. The molecule has 3 rings (SSSR count). The fraction of sp³-hybridized carbons (Fsp3) is 0.333. The van der Waals surface area contributed by atoms with Gasteiger partial charge < -0.3 is 15.0 Å². The molecule has 0 atom stereocenters. The van der Waals surface area contributed by atoms with Crippen molar-refractivity contribution in [1.29, 1.82) is 0 Å². The summed E-state index contributed by atoms with van der Waals surface area (Å²) in [6.07, 6.45) is 5.34. The van der Waals surface area contributed by atoms with Crippen LogP contribution in [0.1, 0.15) is 12.8 Å². The third-order valence-corrected chi connectivity index (χ3v) is 4.25. The Morgan fingerprint density at radius 1 is 1.13 bits per heavy atom. The van der Waals surface area contributed by atoms with Gasteiger partial charge in [0.25, 0.3) is 0 Å². The van der Waals surface area contributed by atoms with E-state index in [1.54, 1.807) is 19.5 Å². The standard InChI is InChI=1S/C18H21N3O2/c1-23-17-4-2-15(3-5-17)20-18(22)14-8-12-21(13-9-14)16-6-10-19-11-7-16/h2-7,10-11,14H,8-9,12-13H2,1H3,(H,20,22). The minimum atomic E-state index is 0.0650. The maximum absolute atomic E-state index is 12.4. The van der Waals surface area contributed by atoms with Crippen LogP contribution in [0.15, 0.2) is 48.8 Å². The first-order valence-corrected chi connectivity index (χ1v) is 7.86. The highest BCUT2D eigenvalue weighted by Crippen LogP contribution is 2.24. The van der Waals surface area contributed by atoms with E-state index in [1.165, 1.54) is 5.69 Å². The number of nitrogens with one attached hydrogen (secondary N) is 1. The van der Waals surface area contributed by atoms with Crippen LogP contribution < -0.4 is 15.0 Å². The zero-order valence-corrected chi connectivity index (χ0v) is 13.2. The zero-order valence-electron chi connectivity index (χ0n) is 13.2. The number of pyridine rings is 1. The topological polar surface area (TPSA) is 54.5 Å². The number of hydrogen-bond acceptors (Lipinski definition) is 4. The SMILES string of the molecule is COc1ccc(NC(=O)C2CCN(c3ccncc3)CC2)cc1. The lowest BCUT2D eigenvalue weighted by Gasteiger charge is -2.32. The highest BCUT2D eigenvalue weighted by molar-refractivity contribution is 5.92. The molecule has 0 aliphatic carbocycles. The summed E-state index contributed by atoms with van der Waals surface area (Å²) >= 11 is 0. The summed E-state index contributed by atoms with van der Waals surface area (Å²) in [5, 5.41) is 2.99. The number of rotatable bonds is 4. The molecule has 0 radical (unpaired) electrons. The normalized spacial score (nSPS) is 15.3. The highest BCUT2D eigenvalue weighted by Gasteiger charge is 2.25. The summed E-state index contributed by atoms with van der Waals surface area (Å²) in [5.74, 6) is 0.952. The van der Waals surface area contributed by atoms with Crippen molar-refractivity contribution in [3.8, 4) is 5.75 Å². The second-order valence-electron chi connectivity index (χ2n) is 5.68. The van der Waals surface area contributed by atoms with Gasteiger partial charge in [-0.1, -0.05) is 0 Å². The van der Waals surface area contributed by atoms with Crippen molar-refractivity contribution in [3.05, 3.63) is 48.8 Å². The van der Waals surface area contributed by atoms with Gasteiger partial charge in [0.2, 0.25) is 5.91 Å². The molecule has 1 aromatic heterocycles. The number of carbonyl (C=O) groups is 1. The molecule has 2 aromatic rings. The van der Waals surface area contributed by atoms with Crippen LogP contribution >= 0.6 is 0 Å². The van der Waals surface area contributed by atoms with E-state index in [0.717, 1.165) is 37.4 Å². The Morgan fingerprint density at radius 3 is 2.39 bits per heavy atom. The molecule has 0 bridgehead atoms. The van der Waals surface area contributed by atoms with Gasteiger partial charge in [-0.15, -0.1) is 0 Å². The lowest BCUT2D eigenvalue weighted by atomic mass is 9.95. The first-order valence-electron chi connectivity index (χ1n) is 7.86. The molecule has 2 heterocycles. The fourth-order valence-electron chi connectivity index (χ4n) is 2.87. The Labute approximate surface area is 136 Å². The van der Waals surface area contributed by atoms with Crippen LogP contribution in [0.5, 0.6) is 5.75 Å². The maximum atomic E-state index is 12.4. The third kappa shape index (κ3) is 3.80. The van der Waals surface area contributed by atoms with Crippen molar-refractivity contribution in [2.45, 2.75) is 12.8 Å². The van der Waals surface area contributed by atoms with Crippen LogP contribution in [0.2, 0.25) is 0 Å². The molecule has 5 nitrogen and oxygen atoms in total. The van der Waals surface area contributed by atoms with Gasteiger partial charge in [-0.25, -0.2) is 0 Å². The quantitative estimate of drug-likeness (QED) is 0.943. The van der Waals surface area contributed by atoms with Gasteiger partial charge >= 0.3 is 0 Å². The lowest BCUT2D eigenvalue weighted by molar-refractivity contribution is -0.120. The number of methoxy groups -OCH3 is 1. The monoisotopic (exact) mass is 311 g/mol. The molecule has 1 aliphatic rings. The molecular formula is C18H21N3O2. The number of carbonyl (C=O) groups excluding carboxylic acids is 1. The van der Waals surface area contributed by atoms with E-state index in [9.17, 15) is 4.79 Å². The average molecular weight is 311 g/mol. The van der Waals surface area contributed by atoms with E-state index in [1.807, 2.05) is 36.4 Å². The van der Waals surface area contributed by atoms with E-state index in [-0.39, 0.29) is 11.8 Å². The van der Waals surface area contributed by atoms with Crippen LogP contribution in [-0.2, 0) is 4.79 Å². The molecular weight excluding hydrogens is 290 g/mol. The molecule has 1 fully saturated rings. The summed E-state index contributed by atoms with van der Waals surface area (Å²) in [7, 11) is 1.63. The minimum absolute atomic E-state index is 0.0650.